The maximum absolute atomic E-state index is 11.3. The van der Waals surface area contributed by atoms with Crippen LogP contribution in [0.3, 0.4) is 0 Å². The van der Waals surface area contributed by atoms with Crippen molar-refractivity contribution in [2.24, 2.45) is 11.7 Å². The van der Waals surface area contributed by atoms with E-state index in [0.29, 0.717) is 12.5 Å². The van der Waals surface area contributed by atoms with E-state index in [1.54, 1.807) is 7.05 Å². The first kappa shape index (κ1) is 12.7. The monoisotopic (exact) mass is 271 g/mol. The molecule has 20 heavy (non-hydrogen) atoms. The van der Waals surface area contributed by atoms with Crippen molar-refractivity contribution >= 4 is 28.6 Å². The molecular weight excluding hydrogens is 254 g/mol. The van der Waals surface area contributed by atoms with Crippen molar-refractivity contribution in [2.45, 2.75) is 6.42 Å². The molecule has 1 aliphatic rings. The number of nitrogens with zero attached hydrogens (tertiary/aromatic N) is 3. The number of hydrogen-bond acceptors (Lipinski definition) is 5. The summed E-state index contributed by atoms with van der Waals surface area (Å²) in [5.74, 6) is 1.12. The summed E-state index contributed by atoms with van der Waals surface area (Å²) in [5, 5.41) is 3.97. The molecule has 1 aromatic carbocycles. The zero-order valence-corrected chi connectivity index (χ0v) is 11.3. The van der Waals surface area contributed by atoms with E-state index in [2.05, 4.69) is 20.2 Å². The minimum atomic E-state index is -0.236. The van der Waals surface area contributed by atoms with Crippen LogP contribution in [0.4, 0.5) is 11.8 Å². The minimum absolute atomic E-state index is 0.0956. The lowest BCUT2D eigenvalue weighted by molar-refractivity contribution is -0.121. The summed E-state index contributed by atoms with van der Waals surface area (Å²) < 4.78 is 0. The van der Waals surface area contributed by atoms with Gasteiger partial charge >= 0.3 is 0 Å². The topological polar surface area (TPSA) is 84.1 Å². The fraction of sp³-hybridized carbons (Fsp3) is 0.357. The van der Waals surface area contributed by atoms with Crippen LogP contribution in [0, 0.1) is 5.92 Å². The summed E-state index contributed by atoms with van der Waals surface area (Å²) in [6.07, 6.45) is 0.780. The maximum atomic E-state index is 11.3. The number of hydrogen-bond donors (Lipinski definition) is 2. The normalized spacial score (nSPS) is 18.4. The SMILES string of the molecule is CNc1nc(N2CCC(C(N)=O)C2)c2ccccc2n1. The van der Waals surface area contributed by atoms with E-state index in [9.17, 15) is 4.79 Å². The van der Waals surface area contributed by atoms with Crippen LogP contribution in [0.25, 0.3) is 10.9 Å². The highest BCUT2D eigenvalue weighted by Gasteiger charge is 2.28. The van der Waals surface area contributed by atoms with Crippen molar-refractivity contribution in [2.75, 3.05) is 30.4 Å². The highest BCUT2D eigenvalue weighted by molar-refractivity contribution is 5.91. The summed E-state index contributed by atoms with van der Waals surface area (Å²) in [5.41, 5.74) is 6.29. The fourth-order valence-corrected chi connectivity index (χ4v) is 2.60. The zero-order valence-electron chi connectivity index (χ0n) is 11.3. The van der Waals surface area contributed by atoms with E-state index in [1.165, 1.54) is 0 Å². The summed E-state index contributed by atoms with van der Waals surface area (Å²) in [4.78, 5) is 22.4. The van der Waals surface area contributed by atoms with Crippen LogP contribution in [0.1, 0.15) is 6.42 Å². The number of aromatic nitrogens is 2. The first-order chi connectivity index (χ1) is 9.69. The Hall–Kier alpha value is -2.37. The third-order valence-electron chi connectivity index (χ3n) is 3.70. The van der Waals surface area contributed by atoms with Gasteiger partial charge in [-0.05, 0) is 18.6 Å². The molecule has 0 spiro atoms. The third kappa shape index (κ3) is 2.13. The molecule has 1 unspecified atom stereocenters. The van der Waals surface area contributed by atoms with Gasteiger partial charge in [0.15, 0.2) is 0 Å². The van der Waals surface area contributed by atoms with E-state index >= 15 is 0 Å². The molecule has 0 radical (unpaired) electrons. The summed E-state index contributed by atoms with van der Waals surface area (Å²) in [6.45, 7) is 1.41. The molecule has 3 rings (SSSR count). The summed E-state index contributed by atoms with van der Waals surface area (Å²) >= 11 is 0. The average molecular weight is 271 g/mol. The fourth-order valence-electron chi connectivity index (χ4n) is 2.60. The molecule has 1 aliphatic heterocycles. The van der Waals surface area contributed by atoms with Gasteiger partial charge in [-0.25, -0.2) is 4.98 Å². The predicted octanol–water partition coefficient (Wildman–Crippen LogP) is 0.983. The maximum Gasteiger partial charge on any atom is 0.224 e. The lowest BCUT2D eigenvalue weighted by Gasteiger charge is -2.19. The van der Waals surface area contributed by atoms with Gasteiger partial charge in [-0.1, -0.05) is 12.1 Å². The molecule has 1 amide bonds. The molecule has 6 nitrogen and oxygen atoms in total. The molecule has 2 aromatic rings. The van der Waals surface area contributed by atoms with Gasteiger partial charge in [-0.2, -0.15) is 4.98 Å². The Bertz CT molecular complexity index is 657. The summed E-state index contributed by atoms with van der Waals surface area (Å²) in [7, 11) is 1.80. The van der Waals surface area contributed by atoms with E-state index < -0.39 is 0 Å². The predicted molar refractivity (Wildman–Crippen MR) is 78.6 cm³/mol. The Kier molecular flexibility index (Phi) is 3.14. The van der Waals surface area contributed by atoms with Crippen LogP contribution in [0.2, 0.25) is 0 Å². The average Bonchev–Trinajstić information content (AvgIpc) is 2.96. The summed E-state index contributed by atoms with van der Waals surface area (Å²) in [6, 6.07) is 7.88. The second kappa shape index (κ2) is 4.96. The number of benzene rings is 1. The highest BCUT2D eigenvalue weighted by atomic mass is 16.1. The van der Waals surface area contributed by atoms with Crippen molar-refractivity contribution < 1.29 is 4.79 Å². The molecule has 1 fully saturated rings. The quantitative estimate of drug-likeness (QED) is 0.869. The van der Waals surface area contributed by atoms with Crippen LogP contribution in [-0.2, 0) is 4.79 Å². The number of nitrogens with one attached hydrogen (secondary N) is 1. The first-order valence-corrected chi connectivity index (χ1v) is 6.68. The van der Waals surface area contributed by atoms with Gasteiger partial charge in [-0.3, -0.25) is 4.79 Å². The molecule has 0 saturated carbocycles. The second-order valence-electron chi connectivity index (χ2n) is 4.97. The second-order valence-corrected chi connectivity index (χ2v) is 4.97. The number of rotatable bonds is 3. The van der Waals surface area contributed by atoms with Crippen molar-refractivity contribution in [1.82, 2.24) is 9.97 Å². The molecule has 3 N–H and O–H groups in total. The number of fused-ring (bicyclic) bond motifs is 1. The van der Waals surface area contributed by atoms with Crippen LogP contribution in [0.5, 0.6) is 0 Å². The number of primary amides is 1. The van der Waals surface area contributed by atoms with Crippen LogP contribution in [-0.4, -0.2) is 36.0 Å². The first-order valence-electron chi connectivity index (χ1n) is 6.68. The third-order valence-corrected chi connectivity index (χ3v) is 3.70. The van der Waals surface area contributed by atoms with Crippen molar-refractivity contribution in [1.29, 1.82) is 0 Å². The van der Waals surface area contributed by atoms with Gasteiger partial charge in [-0.15, -0.1) is 0 Å². The van der Waals surface area contributed by atoms with Crippen LogP contribution in [0.15, 0.2) is 24.3 Å². The zero-order chi connectivity index (χ0) is 14.1. The molecule has 0 bridgehead atoms. The molecule has 104 valence electrons. The van der Waals surface area contributed by atoms with Gasteiger partial charge in [0.2, 0.25) is 11.9 Å². The number of para-hydroxylation sites is 1. The minimum Gasteiger partial charge on any atom is -0.369 e. The van der Waals surface area contributed by atoms with E-state index in [4.69, 9.17) is 5.73 Å². The molecule has 1 atom stereocenters. The Balaban J connectivity index is 2.04. The Morgan fingerprint density at radius 1 is 1.40 bits per heavy atom. The molecule has 6 heteroatoms. The Labute approximate surface area is 117 Å². The standard InChI is InChI=1S/C14H17N5O/c1-16-14-17-11-5-3-2-4-10(11)13(18-14)19-7-6-9(8-19)12(15)20/h2-5,9H,6-8H2,1H3,(H2,15,20)(H,16,17,18). The molecule has 1 aromatic heterocycles. The van der Waals surface area contributed by atoms with Crippen molar-refractivity contribution in [3.63, 3.8) is 0 Å². The number of carbonyl (C=O) groups is 1. The van der Waals surface area contributed by atoms with E-state index in [-0.39, 0.29) is 11.8 Å². The lowest BCUT2D eigenvalue weighted by atomic mass is 10.1. The largest absolute Gasteiger partial charge is 0.369 e. The van der Waals surface area contributed by atoms with E-state index in [0.717, 1.165) is 29.7 Å². The van der Waals surface area contributed by atoms with E-state index in [1.807, 2.05) is 24.3 Å². The highest BCUT2D eigenvalue weighted by Crippen LogP contribution is 2.29. The molecule has 0 aliphatic carbocycles. The lowest BCUT2D eigenvalue weighted by Crippen LogP contribution is -2.28. The Morgan fingerprint density at radius 2 is 2.20 bits per heavy atom. The number of carbonyl (C=O) groups excluding carboxylic acids is 1. The van der Waals surface area contributed by atoms with Gasteiger partial charge in [0, 0.05) is 25.5 Å². The van der Waals surface area contributed by atoms with Crippen LogP contribution >= 0.6 is 0 Å². The number of amides is 1. The molecular formula is C14H17N5O. The van der Waals surface area contributed by atoms with Crippen molar-refractivity contribution in [3.05, 3.63) is 24.3 Å². The van der Waals surface area contributed by atoms with Gasteiger partial charge in [0.1, 0.15) is 5.82 Å². The van der Waals surface area contributed by atoms with Gasteiger partial charge in [0.05, 0.1) is 11.4 Å². The number of anilines is 2. The smallest absolute Gasteiger partial charge is 0.224 e. The van der Waals surface area contributed by atoms with Gasteiger partial charge in [0.25, 0.3) is 0 Å². The van der Waals surface area contributed by atoms with Crippen LogP contribution < -0.4 is 16.0 Å². The van der Waals surface area contributed by atoms with Crippen molar-refractivity contribution in [3.8, 4) is 0 Å². The Morgan fingerprint density at radius 3 is 2.90 bits per heavy atom. The van der Waals surface area contributed by atoms with Gasteiger partial charge < -0.3 is 16.0 Å². The molecule has 1 saturated heterocycles. The number of nitrogens with two attached hydrogens (primary N) is 1. The molecule has 2 heterocycles.